The molecule has 1 spiro atoms. The summed E-state index contributed by atoms with van der Waals surface area (Å²) < 4.78 is 11.4. The third kappa shape index (κ3) is 3.06. The third-order valence-electron chi connectivity index (χ3n) is 3.54. The van der Waals surface area contributed by atoms with Gasteiger partial charge in [-0.25, -0.2) is 0 Å². The summed E-state index contributed by atoms with van der Waals surface area (Å²) in [6, 6.07) is 0.656. The van der Waals surface area contributed by atoms with Gasteiger partial charge in [-0.05, 0) is 32.7 Å². The van der Waals surface area contributed by atoms with Gasteiger partial charge in [0.2, 0.25) is 0 Å². The molecule has 0 aromatic heterocycles. The van der Waals surface area contributed by atoms with E-state index in [0.29, 0.717) is 6.04 Å². The first-order valence-corrected chi connectivity index (χ1v) is 6.47. The van der Waals surface area contributed by atoms with Crippen LogP contribution in [0.2, 0.25) is 0 Å². The number of rotatable bonds is 4. The maximum Gasteiger partial charge on any atom is 0.168 e. The van der Waals surface area contributed by atoms with Crippen LogP contribution in [-0.4, -0.2) is 31.6 Å². The molecule has 0 unspecified atom stereocenters. The largest absolute Gasteiger partial charge is 0.348 e. The Morgan fingerprint density at radius 1 is 1.25 bits per heavy atom. The van der Waals surface area contributed by atoms with Crippen molar-refractivity contribution in [2.24, 2.45) is 0 Å². The van der Waals surface area contributed by atoms with Gasteiger partial charge in [0.1, 0.15) is 0 Å². The molecule has 0 amide bonds. The predicted octanol–water partition coefficient (Wildman–Crippen LogP) is 2.23. The molecular weight excluding hydrogens is 202 g/mol. The molecule has 3 nitrogen and oxygen atoms in total. The second kappa shape index (κ2) is 5.80. The van der Waals surface area contributed by atoms with E-state index in [0.717, 1.165) is 39.0 Å². The molecule has 2 aliphatic rings. The Balaban J connectivity index is 1.65. The second-order valence-corrected chi connectivity index (χ2v) is 4.69. The summed E-state index contributed by atoms with van der Waals surface area (Å²) in [6.07, 6.45) is 9.90. The molecule has 0 bridgehead atoms. The van der Waals surface area contributed by atoms with Gasteiger partial charge in [-0.15, -0.1) is 0 Å². The van der Waals surface area contributed by atoms with Crippen LogP contribution in [0.5, 0.6) is 0 Å². The van der Waals surface area contributed by atoms with Crippen LogP contribution in [0.25, 0.3) is 0 Å². The average molecular weight is 225 g/mol. The lowest BCUT2D eigenvalue weighted by atomic mass is 9.90. The summed E-state index contributed by atoms with van der Waals surface area (Å²) in [5.41, 5.74) is 0. The van der Waals surface area contributed by atoms with Crippen molar-refractivity contribution in [3.63, 3.8) is 0 Å². The van der Waals surface area contributed by atoms with Gasteiger partial charge in [0, 0.05) is 18.9 Å². The molecule has 3 heteroatoms. The summed E-state index contributed by atoms with van der Waals surface area (Å²) in [5, 5.41) is 3.60. The van der Waals surface area contributed by atoms with Gasteiger partial charge in [-0.1, -0.05) is 12.2 Å². The highest BCUT2D eigenvalue weighted by Gasteiger charge is 2.39. The summed E-state index contributed by atoms with van der Waals surface area (Å²) in [5.74, 6) is -0.207. The van der Waals surface area contributed by atoms with Crippen LogP contribution >= 0.6 is 0 Å². The zero-order valence-corrected chi connectivity index (χ0v) is 10.2. The van der Waals surface area contributed by atoms with Gasteiger partial charge >= 0.3 is 0 Å². The normalized spacial score (nSPS) is 25.8. The van der Waals surface area contributed by atoms with Crippen molar-refractivity contribution < 1.29 is 9.47 Å². The molecule has 1 saturated carbocycles. The third-order valence-corrected chi connectivity index (χ3v) is 3.54. The van der Waals surface area contributed by atoms with Crippen LogP contribution in [0.4, 0.5) is 0 Å². The van der Waals surface area contributed by atoms with Crippen molar-refractivity contribution in [1.82, 2.24) is 5.32 Å². The molecule has 1 aliphatic carbocycles. The van der Waals surface area contributed by atoms with E-state index < -0.39 is 0 Å². The Morgan fingerprint density at radius 3 is 2.56 bits per heavy atom. The molecule has 1 aliphatic heterocycles. The van der Waals surface area contributed by atoms with Gasteiger partial charge in [0.15, 0.2) is 5.79 Å². The Hall–Kier alpha value is -0.380. The van der Waals surface area contributed by atoms with E-state index in [1.807, 2.05) is 0 Å². The van der Waals surface area contributed by atoms with E-state index in [1.54, 1.807) is 0 Å². The monoisotopic (exact) mass is 225 g/mol. The Labute approximate surface area is 98.2 Å². The number of nitrogens with one attached hydrogen (secondary N) is 1. The summed E-state index contributed by atoms with van der Waals surface area (Å²) in [4.78, 5) is 0. The van der Waals surface area contributed by atoms with Crippen molar-refractivity contribution in [3.8, 4) is 0 Å². The van der Waals surface area contributed by atoms with E-state index >= 15 is 0 Å². The quantitative estimate of drug-likeness (QED) is 0.588. The summed E-state index contributed by atoms with van der Waals surface area (Å²) >= 11 is 0. The fraction of sp³-hybridized carbons (Fsp3) is 0.846. The number of ether oxygens (including phenoxy) is 2. The molecule has 16 heavy (non-hydrogen) atoms. The zero-order chi connectivity index (χ0) is 11.3. The fourth-order valence-electron chi connectivity index (χ4n) is 2.58. The zero-order valence-electron chi connectivity index (χ0n) is 10.2. The maximum atomic E-state index is 5.71. The highest BCUT2D eigenvalue weighted by Crippen LogP contribution is 2.35. The first-order valence-electron chi connectivity index (χ1n) is 6.47. The van der Waals surface area contributed by atoms with Crippen LogP contribution in [0, 0.1) is 0 Å². The van der Waals surface area contributed by atoms with E-state index in [1.165, 1.54) is 12.8 Å². The van der Waals surface area contributed by atoms with Crippen molar-refractivity contribution in [2.75, 3.05) is 19.8 Å². The van der Waals surface area contributed by atoms with Crippen LogP contribution in [0.3, 0.4) is 0 Å². The van der Waals surface area contributed by atoms with Crippen LogP contribution in [-0.2, 0) is 9.47 Å². The summed E-state index contributed by atoms with van der Waals surface area (Å²) in [6.45, 7) is 4.71. The minimum atomic E-state index is -0.207. The number of hydrogen-bond donors (Lipinski definition) is 1. The lowest BCUT2D eigenvalue weighted by Crippen LogP contribution is -2.42. The Morgan fingerprint density at radius 2 is 1.94 bits per heavy atom. The van der Waals surface area contributed by atoms with Gasteiger partial charge < -0.3 is 14.8 Å². The fourth-order valence-corrected chi connectivity index (χ4v) is 2.58. The molecule has 1 N–H and O–H groups in total. The molecule has 0 aromatic carbocycles. The Kier molecular flexibility index (Phi) is 4.38. The molecule has 0 radical (unpaired) electrons. The maximum absolute atomic E-state index is 5.71. The first-order chi connectivity index (χ1) is 7.85. The SMILES string of the molecule is C/C=C/CCNC1CCC2(CC1)OCCO2. The lowest BCUT2D eigenvalue weighted by Gasteiger charge is -2.35. The van der Waals surface area contributed by atoms with Crippen LogP contribution < -0.4 is 5.32 Å². The van der Waals surface area contributed by atoms with E-state index in [2.05, 4.69) is 24.4 Å². The van der Waals surface area contributed by atoms with Gasteiger partial charge in [0.05, 0.1) is 13.2 Å². The number of hydrogen-bond acceptors (Lipinski definition) is 3. The van der Waals surface area contributed by atoms with E-state index in [4.69, 9.17) is 9.47 Å². The minimum Gasteiger partial charge on any atom is -0.348 e. The highest BCUT2D eigenvalue weighted by atomic mass is 16.7. The van der Waals surface area contributed by atoms with Crippen molar-refractivity contribution in [3.05, 3.63) is 12.2 Å². The molecule has 0 atom stereocenters. The van der Waals surface area contributed by atoms with E-state index in [9.17, 15) is 0 Å². The summed E-state index contributed by atoms with van der Waals surface area (Å²) in [7, 11) is 0. The molecule has 1 heterocycles. The minimum absolute atomic E-state index is 0.207. The predicted molar refractivity (Wildman–Crippen MR) is 64.3 cm³/mol. The van der Waals surface area contributed by atoms with E-state index in [-0.39, 0.29) is 5.79 Å². The highest BCUT2D eigenvalue weighted by molar-refractivity contribution is 4.86. The first kappa shape index (κ1) is 12.1. The lowest BCUT2D eigenvalue weighted by molar-refractivity contribution is -0.179. The van der Waals surface area contributed by atoms with Gasteiger partial charge in [-0.2, -0.15) is 0 Å². The molecule has 92 valence electrons. The van der Waals surface area contributed by atoms with Crippen molar-refractivity contribution in [2.45, 2.75) is 50.9 Å². The molecule has 0 aromatic rings. The van der Waals surface area contributed by atoms with Crippen LogP contribution in [0.1, 0.15) is 39.0 Å². The number of allylic oxidation sites excluding steroid dienone is 1. The second-order valence-electron chi connectivity index (χ2n) is 4.69. The molecule has 2 rings (SSSR count). The molecule has 1 saturated heterocycles. The average Bonchev–Trinajstić information content (AvgIpc) is 2.76. The van der Waals surface area contributed by atoms with Crippen LogP contribution in [0.15, 0.2) is 12.2 Å². The van der Waals surface area contributed by atoms with Crippen molar-refractivity contribution >= 4 is 0 Å². The van der Waals surface area contributed by atoms with Crippen molar-refractivity contribution in [1.29, 1.82) is 0 Å². The molecule has 2 fully saturated rings. The standard InChI is InChI=1S/C13H23NO2/c1-2-3-4-9-14-12-5-7-13(8-6-12)15-10-11-16-13/h2-3,12,14H,4-11H2,1H3/b3-2+. The molecular formula is C13H23NO2. The Bertz CT molecular complexity index is 224. The van der Waals surface area contributed by atoms with Gasteiger partial charge in [-0.3, -0.25) is 0 Å². The topological polar surface area (TPSA) is 30.5 Å². The van der Waals surface area contributed by atoms with Gasteiger partial charge in [0.25, 0.3) is 0 Å². The smallest absolute Gasteiger partial charge is 0.168 e.